The predicted octanol–water partition coefficient (Wildman–Crippen LogP) is 2.62. The van der Waals surface area contributed by atoms with Gasteiger partial charge in [0, 0.05) is 23.7 Å². The summed E-state index contributed by atoms with van der Waals surface area (Å²) in [6.07, 6.45) is 0.622. The van der Waals surface area contributed by atoms with Crippen molar-refractivity contribution < 1.29 is 35.8 Å². The molecule has 0 aliphatic carbocycles. The Balaban J connectivity index is 2.02. The molecule has 11 heteroatoms. The molecule has 0 spiro atoms. The number of hydrogen-bond acceptors (Lipinski definition) is 6. The Kier molecular flexibility index (Phi) is 6.40. The zero-order valence-corrected chi connectivity index (χ0v) is 19.2. The number of hydrogen-bond donors (Lipinski definition) is 3. The first-order valence-corrected chi connectivity index (χ1v) is 12.9. The molecule has 174 valence electrons. The Bertz CT molecular complexity index is 1240. The van der Waals surface area contributed by atoms with Crippen LogP contribution in [0.25, 0.3) is 0 Å². The van der Waals surface area contributed by atoms with E-state index in [1.165, 1.54) is 24.3 Å². The largest absolute Gasteiger partial charge is 0.478 e. The number of carboxylic acid groups (broad SMARTS) is 1. The second-order valence-corrected chi connectivity index (χ2v) is 11.3. The van der Waals surface area contributed by atoms with Gasteiger partial charge in [-0.15, -0.1) is 0 Å². The van der Waals surface area contributed by atoms with Crippen LogP contribution in [-0.4, -0.2) is 55.4 Å². The van der Waals surface area contributed by atoms with Crippen LogP contribution in [0.3, 0.4) is 0 Å². The topological polar surface area (TPSA) is 149 Å². The van der Waals surface area contributed by atoms with Crippen molar-refractivity contribution in [3.05, 3.63) is 59.2 Å². The molecule has 2 atom stereocenters. The molecule has 2 aromatic rings. The van der Waals surface area contributed by atoms with Crippen molar-refractivity contribution in [3.63, 3.8) is 0 Å². The number of rotatable bonds is 8. The number of fused-ring (bicyclic) bond motifs is 1. The molecule has 3 rings (SSSR count). The molecule has 0 aromatic heterocycles. The SMILES string of the molecule is CC1N(CCCS(=O)(=O)O)c2ccc(S(=O)(=O)O)cc2C1(C)Cc1ccc(C(=O)O)cc1. The van der Waals surface area contributed by atoms with Gasteiger partial charge in [-0.1, -0.05) is 19.1 Å². The lowest BCUT2D eigenvalue weighted by molar-refractivity contribution is 0.0696. The van der Waals surface area contributed by atoms with E-state index in [-0.39, 0.29) is 22.9 Å². The summed E-state index contributed by atoms with van der Waals surface area (Å²) in [4.78, 5) is 12.9. The van der Waals surface area contributed by atoms with E-state index in [2.05, 4.69) is 0 Å². The van der Waals surface area contributed by atoms with Crippen molar-refractivity contribution >= 4 is 31.9 Å². The second kappa shape index (κ2) is 8.47. The predicted molar refractivity (Wildman–Crippen MR) is 119 cm³/mol. The van der Waals surface area contributed by atoms with E-state index >= 15 is 0 Å². The van der Waals surface area contributed by atoms with Gasteiger partial charge in [-0.25, -0.2) is 4.79 Å². The first kappa shape index (κ1) is 24.2. The van der Waals surface area contributed by atoms with Crippen molar-refractivity contribution in [3.8, 4) is 0 Å². The third-order valence-corrected chi connectivity index (χ3v) is 7.81. The minimum absolute atomic E-state index is 0.152. The summed E-state index contributed by atoms with van der Waals surface area (Å²) in [6.45, 7) is 4.19. The molecule has 1 aliphatic rings. The molecule has 0 fully saturated rings. The molecule has 9 nitrogen and oxygen atoms in total. The maximum atomic E-state index is 11.7. The summed E-state index contributed by atoms with van der Waals surface area (Å²) in [5, 5.41) is 9.12. The Morgan fingerprint density at radius 1 is 1.06 bits per heavy atom. The lowest BCUT2D eigenvalue weighted by atomic mass is 9.74. The molecule has 3 N–H and O–H groups in total. The van der Waals surface area contributed by atoms with E-state index in [4.69, 9.17) is 9.66 Å². The van der Waals surface area contributed by atoms with Gasteiger partial charge in [-0.05, 0) is 61.2 Å². The summed E-state index contributed by atoms with van der Waals surface area (Å²) in [5.74, 6) is -1.44. The number of aromatic carboxylic acids is 1. The van der Waals surface area contributed by atoms with Gasteiger partial charge in [0.25, 0.3) is 20.2 Å². The number of carbonyl (C=O) groups is 1. The average molecular weight is 484 g/mol. The van der Waals surface area contributed by atoms with Crippen molar-refractivity contribution in [2.24, 2.45) is 0 Å². The molecule has 1 heterocycles. The lowest BCUT2D eigenvalue weighted by Crippen LogP contribution is -2.43. The quantitative estimate of drug-likeness (QED) is 0.482. The minimum Gasteiger partial charge on any atom is -0.478 e. The highest BCUT2D eigenvalue weighted by Gasteiger charge is 2.45. The van der Waals surface area contributed by atoms with E-state index in [1.54, 1.807) is 18.2 Å². The zero-order chi connectivity index (χ0) is 23.9. The minimum atomic E-state index is -4.43. The van der Waals surface area contributed by atoms with E-state index in [0.29, 0.717) is 24.2 Å². The van der Waals surface area contributed by atoms with Crippen LogP contribution in [0.5, 0.6) is 0 Å². The fraction of sp³-hybridized carbons (Fsp3) is 0.381. The van der Waals surface area contributed by atoms with Crippen LogP contribution in [0, 0.1) is 0 Å². The highest BCUT2D eigenvalue weighted by atomic mass is 32.2. The molecule has 0 saturated carbocycles. The average Bonchev–Trinajstić information content (AvgIpc) is 2.88. The standard InChI is InChI=1S/C21H25NO8S2/c1-14-21(2,13-15-4-6-16(7-5-15)20(23)24)18-12-17(32(28,29)30)8-9-19(18)22(14)10-3-11-31(25,26)27/h4-9,12,14H,3,10-11,13H2,1-2H3,(H,23,24)(H,25,26,27)(H,28,29,30). The Hall–Kier alpha value is -2.47. The molecule has 2 unspecified atom stereocenters. The Morgan fingerprint density at radius 3 is 2.22 bits per heavy atom. The zero-order valence-electron chi connectivity index (χ0n) is 17.6. The summed E-state index contributed by atoms with van der Waals surface area (Å²) in [6, 6.07) is 10.5. The highest BCUT2D eigenvalue weighted by Crippen LogP contribution is 2.48. The fourth-order valence-electron chi connectivity index (χ4n) is 4.32. The van der Waals surface area contributed by atoms with Gasteiger partial charge in [0.05, 0.1) is 16.2 Å². The molecule has 0 saturated heterocycles. The number of anilines is 1. The number of carboxylic acids is 1. The molecule has 2 aromatic carbocycles. The monoisotopic (exact) mass is 483 g/mol. The van der Waals surface area contributed by atoms with Crippen molar-refractivity contribution in [1.82, 2.24) is 0 Å². The summed E-state index contributed by atoms with van der Waals surface area (Å²) >= 11 is 0. The summed E-state index contributed by atoms with van der Waals surface area (Å²) in [5.41, 5.74) is 1.75. The van der Waals surface area contributed by atoms with Gasteiger partial charge in [-0.3, -0.25) is 9.11 Å². The molecule has 0 bridgehead atoms. The Labute approximate surface area is 187 Å². The van der Waals surface area contributed by atoms with Gasteiger partial charge in [0.2, 0.25) is 0 Å². The third kappa shape index (κ3) is 4.96. The summed E-state index contributed by atoms with van der Waals surface area (Å²) < 4.78 is 64.3. The van der Waals surface area contributed by atoms with Crippen LogP contribution in [0.15, 0.2) is 47.4 Å². The Morgan fingerprint density at radius 2 is 1.69 bits per heavy atom. The smallest absolute Gasteiger partial charge is 0.335 e. The van der Waals surface area contributed by atoms with Crippen LogP contribution >= 0.6 is 0 Å². The fourth-order valence-corrected chi connectivity index (χ4v) is 5.33. The maximum absolute atomic E-state index is 11.7. The van der Waals surface area contributed by atoms with Gasteiger partial charge >= 0.3 is 5.97 Å². The van der Waals surface area contributed by atoms with Gasteiger partial charge in [-0.2, -0.15) is 16.8 Å². The van der Waals surface area contributed by atoms with Crippen LogP contribution in [-0.2, 0) is 32.1 Å². The first-order valence-electron chi connectivity index (χ1n) is 9.88. The molecule has 0 amide bonds. The maximum Gasteiger partial charge on any atom is 0.335 e. The normalized spacial score (nSPS) is 20.9. The van der Waals surface area contributed by atoms with Gasteiger partial charge < -0.3 is 10.0 Å². The molecular weight excluding hydrogens is 458 g/mol. The van der Waals surface area contributed by atoms with Crippen LogP contribution in [0.1, 0.15) is 41.8 Å². The molecule has 32 heavy (non-hydrogen) atoms. The van der Waals surface area contributed by atoms with E-state index < -0.39 is 37.4 Å². The third-order valence-electron chi connectivity index (χ3n) is 6.15. The van der Waals surface area contributed by atoms with E-state index in [9.17, 15) is 26.2 Å². The van der Waals surface area contributed by atoms with Crippen molar-refractivity contribution in [1.29, 1.82) is 0 Å². The van der Waals surface area contributed by atoms with E-state index in [1.807, 2.05) is 18.7 Å². The van der Waals surface area contributed by atoms with Crippen LogP contribution in [0.4, 0.5) is 5.69 Å². The van der Waals surface area contributed by atoms with Gasteiger partial charge in [0.15, 0.2) is 0 Å². The molecular formula is C21H25NO8S2. The number of benzene rings is 2. The van der Waals surface area contributed by atoms with Crippen molar-refractivity contribution in [2.45, 2.75) is 43.0 Å². The second-order valence-electron chi connectivity index (χ2n) is 8.26. The lowest BCUT2D eigenvalue weighted by Gasteiger charge is -2.35. The summed E-state index contributed by atoms with van der Waals surface area (Å²) in [7, 11) is -8.54. The molecule has 0 radical (unpaired) electrons. The highest BCUT2D eigenvalue weighted by molar-refractivity contribution is 7.86. The van der Waals surface area contributed by atoms with E-state index in [0.717, 1.165) is 5.56 Å². The van der Waals surface area contributed by atoms with Crippen molar-refractivity contribution in [2.75, 3.05) is 17.2 Å². The van der Waals surface area contributed by atoms with Gasteiger partial charge in [0.1, 0.15) is 0 Å². The van der Waals surface area contributed by atoms with Crippen LogP contribution < -0.4 is 4.90 Å². The molecule has 1 aliphatic heterocycles. The number of nitrogens with zero attached hydrogens (tertiary/aromatic N) is 1. The first-order chi connectivity index (χ1) is 14.7. The van der Waals surface area contributed by atoms with Crippen LogP contribution in [0.2, 0.25) is 0 Å².